The van der Waals surface area contributed by atoms with E-state index in [0.717, 1.165) is 0 Å². The van der Waals surface area contributed by atoms with E-state index in [4.69, 9.17) is 19.7 Å². The van der Waals surface area contributed by atoms with Gasteiger partial charge in [0.05, 0.1) is 13.2 Å². The quantitative estimate of drug-likeness (QED) is 0.118. The molecule has 15 heteroatoms. The molecule has 43 heavy (non-hydrogen) atoms. The largest absolute Gasteiger partial charge is 0.507 e. The topological polar surface area (TPSA) is 245 Å². The maximum Gasteiger partial charge on any atom is 0.180 e. The van der Waals surface area contributed by atoms with E-state index in [-0.39, 0.29) is 31.0 Å². The Hall–Kier alpha value is -2.40. The molecule has 4 rings (SSSR count). The van der Waals surface area contributed by atoms with E-state index in [1.165, 1.54) is 12.4 Å². The van der Waals surface area contributed by atoms with Gasteiger partial charge in [-0.1, -0.05) is 24.3 Å². The number of para-hydroxylation sites is 2. The summed E-state index contributed by atoms with van der Waals surface area (Å²) in [5, 5.41) is 96.6. The number of aromatic hydroxyl groups is 2. The van der Waals surface area contributed by atoms with Gasteiger partial charge in [0.1, 0.15) is 60.2 Å². The Balaban J connectivity index is 0.000000293. The van der Waals surface area contributed by atoms with Crippen LogP contribution in [0.5, 0.6) is 11.5 Å². The zero-order valence-corrected chi connectivity index (χ0v) is 26.7. The summed E-state index contributed by atoms with van der Waals surface area (Å²) < 4.78 is 9.98. The van der Waals surface area contributed by atoms with E-state index >= 15 is 0 Å². The average Bonchev–Trinajstić information content (AvgIpc) is 2.97. The van der Waals surface area contributed by atoms with E-state index < -0.39 is 74.5 Å². The zero-order valence-electron chi connectivity index (χ0n) is 23.7. The molecule has 0 radical (unpaired) electrons. The molecule has 2 aromatic carbocycles. The van der Waals surface area contributed by atoms with E-state index in [1.807, 2.05) is 0 Å². The standard InChI is InChI=1S/2C14H19NO6.Zn/c2*1-7-3-2-4-8(11(7)17)5-15-10-13(19)12(18)9(6-16)21-14(10)20;/h2*2-5,9-10,12-14,16-20H,6H2,1H3;/t2*9-,10-,12-,13-,14?;/m11./s1. The van der Waals surface area contributed by atoms with Gasteiger partial charge in [0.2, 0.25) is 0 Å². The zero-order chi connectivity index (χ0) is 31.1. The molecule has 2 aromatic rings. The van der Waals surface area contributed by atoms with Gasteiger partial charge < -0.3 is 60.5 Å². The predicted molar refractivity (Wildman–Crippen MR) is 148 cm³/mol. The number of aryl methyl sites for hydroxylation is 2. The van der Waals surface area contributed by atoms with Gasteiger partial charge in [-0.2, -0.15) is 0 Å². The number of phenols is 2. The molecule has 0 bridgehead atoms. The molecule has 14 nitrogen and oxygen atoms in total. The maximum atomic E-state index is 9.93. The maximum absolute atomic E-state index is 9.93. The van der Waals surface area contributed by atoms with Crippen LogP contribution in [0, 0.1) is 13.8 Å². The van der Waals surface area contributed by atoms with Crippen molar-refractivity contribution in [2.75, 3.05) is 13.2 Å². The van der Waals surface area contributed by atoms with Crippen molar-refractivity contribution in [3.8, 4) is 11.5 Å². The van der Waals surface area contributed by atoms with Crippen LogP contribution in [0.3, 0.4) is 0 Å². The van der Waals surface area contributed by atoms with Crippen molar-refractivity contribution in [3.05, 3.63) is 58.7 Å². The third-order valence-electron chi connectivity index (χ3n) is 7.04. The fourth-order valence-electron chi connectivity index (χ4n) is 4.39. The summed E-state index contributed by atoms with van der Waals surface area (Å²) in [6, 6.07) is 7.97. The second-order valence-corrected chi connectivity index (χ2v) is 10.0. The van der Waals surface area contributed by atoms with Crippen LogP contribution in [0.1, 0.15) is 22.3 Å². The minimum Gasteiger partial charge on any atom is -0.507 e. The van der Waals surface area contributed by atoms with E-state index in [2.05, 4.69) is 9.98 Å². The first kappa shape index (κ1) is 36.8. The Morgan fingerprint density at radius 1 is 0.628 bits per heavy atom. The number of ether oxygens (including phenoxy) is 2. The third-order valence-corrected chi connectivity index (χ3v) is 7.04. The molecule has 0 saturated carbocycles. The molecule has 2 unspecified atom stereocenters. The van der Waals surface area contributed by atoms with Gasteiger partial charge in [-0.25, -0.2) is 0 Å². The first-order valence-corrected chi connectivity index (χ1v) is 13.2. The molecular weight excluding hydrogens is 622 g/mol. The summed E-state index contributed by atoms with van der Waals surface area (Å²) >= 11 is 0. The summed E-state index contributed by atoms with van der Waals surface area (Å²) in [4.78, 5) is 7.97. The van der Waals surface area contributed by atoms with Gasteiger partial charge >= 0.3 is 0 Å². The average molecular weight is 660 g/mol. The van der Waals surface area contributed by atoms with Crippen LogP contribution in [0.15, 0.2) is 46.4 Å². The second kappa shape index (κ2) is 16.6. The van der Waals surface area contributed by atoms with Crippen LogP contribution in [0.4, 0.5) is 0 Å². The number of benzene rings is 2. The number of rotatable bonds is 6. The second-order valence-electron chi connectivity index (χ2n) is 10.0. The fourth-order valence-corrected chi connectivity index (χ4v) is 4.39. The smallest absolute Gasteiger partial charge is 0.180 e. The molecule has 10 N–H and O–H groups in total. The minimum absolute atomic E-state index is 0. The summed E-state index contributed by atoms with van der Waals surface area (Å²) in [7, 11) is 0. The van der Waals surface area contributed by atoms with Gasteiger partial charge in [0.25, 0.3) is 0 Å². The molecule has 2 fully saturated rings. The Kier molecular flexibility index (Phi) is 14.2. The Morgan fingerprint density at radius 3 is 1.30 bits per heavy atom. The number of nitrogens with zero attached hydrogens (tertiary/aromatic N) is 2. The summed E-state index contributed by atoms with van der Waals surface area (Å²) in [5.74, 6) is 0.103. The van der Waals surface area contributed by atoms with Crippen molar-refractivity contribution in [1.29, 1.82) is 0 Å². The van der Waals surface area contributed by atoms with Crippen molar-refractivity contribution in [3.63, 3.8) is 0 Å². The van der Waals surface area contributed by atoms with Crippen LogP contribution in [-0.2, 0) is 29.0 Å². The van der Waals surface area contributed by atoms with Gasteiger partial charge in [-0.15, -0.1) is 0 Å². The molecule has 0 aromatic heterocycles. The van der Waals surface area contributed by atoms with Crippen LogP contribution < -0.4 is 0 Å². The number of aliphatic hydroxyl groups excluding tert-OH is 8. The van der Waals surface area contributed by atoms with Crippen LogP contribution in [0.2, 0.25) is 0 Å². The Labute approximate surface area is 260 Å². The molecule has 2 aliphatic heterocycles. The molecule has 0 amide bonds. The van der Waals surface area contributed by atoms with E-state index in [1.54, 1.807) is 50.2 Å². The van der Waals surface area contributed by atoms with Crippen LogP contribution in [0.25, 0.3) is 0 Å². The SMILES string of the molecule is Cc1cccc(C=N[C@H]2C(O)O[C@H](CO)[C@@H](O)[C@@H]2O)c1O.Cc1cccc(C=N[C@H]2C(O)O[C@H](CO)[C@@H](O)[C@@H]2O)c1O.[Zn]. The fraction of sp³-hybridized carbons (Fsp3) is 0.500. The Morgan fingerprint density at radius 2 is 0.977 bits per heavy atom. The minimum atomic E-state index is -1.45. The molecule has 2 heterocycles. The molecule has 0 spiro atoms. The first-order chi connectivity index (χ1) is 19.9. The normalized spacial score (nSPS) is 32.7. The number of hydrogen-bond acceptors (Lipinski definition) is 14. The summed E-state index contributed by atoms with van der Waals surface area (Å²) in [6.07, 6.45) is -7.90. The van der Waals surface area contributed by atoms with Gasteiger partial charge in [0.15, 0.2) is 12.6 Å². The van der Waals surface area contributed by atoms with Gasteiger partial charge in [-0.3, -0.25) is 9.98 Å². The van der Waals surface area contributed by atoms with Crippen molar-refractivity contribution in [2.45, 2.75) is 75.1 Å². The van der Waals surface area contributed by atoms with Crippen LogP contribution in [-0.4, -0.2) is 138 Å². The first-order valence-electron chi connectivity index (χ1n) is 13.2. The third kappa shape index (κ3) is 8.84. The van der Waals surface area contributed by atoms with Crippen molar-refractivity contribution in [1.82, 2.24) is 0 Å². The van der Waals surface area contributed by atoms with Gasteiger partial charge in [0, 0.05) is 43.0 Å². The molecule has 2 aliphatic rings. The van der Waals surface area contributed by atoms with E-state index in [9.17, 15) is 40.9 Å². The summed E-state index contributed by atoms with van der Waals surface area (Å²) in [5.41, 5.74) is 2.18. The van der Waals surface area contributed by atoms with Crippen molar-refractivity contribution < 1.29 is 80.0 Å². The Bertz CT molecular complexity index is 1140. The molecule has 234 valence electrons. The number of hydrogen-bond donors (Lipinski definition) is 10. The van der Waals surface area contributed by atoms with Crippen molar-refractivity contribution in [2.24, 2.45) is 9.98 Å². The predicted octanol–water partition coefficient (Wildman–Crippen LogP) is -2.16. The monoisotopic (exact) mass is 658 g/mol. The molecule has 0 aliphatic carbocycles. The van der Waals surface area contributed by atoms with Gasteiger partial charge in [-0.05, 0) is 37.1 Å². The number of aliphatic hydroxyl groups is 8. The number of aliphatic imine (C=N–C) groups is 2. The van der Waals surface area contributed by atoms with E-state index in [0.29, 0.717) is 22.3 Å². The summed E-state index contributed by atoms with van der Waals surface area (Å²) in [6.45, 7) is 2.42. The molecule has 2 saturated heterocycles. The molecule has 10 atom stereocenters. The number of phenolic OH excluding ortho intramolecular Hbond substituents is 2. The van der Waals surface area contributed by atoms with Crippen LogP contribution >= 0.6 is 0 Å². The molecular formula is C28H38N2O12Zn. The van der Waals surface area contributed by atoms with Crippen molar-refractivity contribution >= 4 is 12.4 Å².